The Hall–Kier alpha value is -3.04. The molecule has 10 atom stereocenters. The summed E-state index contributed by atoms with van der Waals surface area (Å²) in [4.78, 5) is 19.9. The molecule has 1 unspecified atom stereocenters. The molecule has 1 aromatic carbocycles. The van der Waals surface area contributed by atoms with Crippen molar-refractivity contribution in [2.75, 3.05) is 18.5 Å². The van der Waals surface area contributed by atoms with Crippen LogP contribution in [0.15, 0.2) is 30.6 Å². The number of rotatable bonds is 12. The van der Waals surface area contributed by atoms with Gasteiger partial charge in [0.1, 0.15) is 23.8 Å². The fourth-order valence-corrected chi connectivity index (χ4v) is 11.4. The van der Waals surface area contributed by atoms with Crippen LogP contribution < -0.4 is 16.0 Å². The fraction of sp³-hybridized carbons (Fsp3) is 0.732. The lowest BCUT2D eigenvalue weighted by Crippen LogP contribution is -2.57. The molecule has 7 N–H and O–H groups in total. The molecular weight excluding hydrogens is 715 g/mol. The van der Waals surface area contributed by atoms with E-state index in [1.54, 1.807) is 0 Å². The topological polar surface area (TPSA) is 169 Å². The minimum absolute atomic E-state index is 0.00515. The minimum atomic E-state index is -4.68. The molecular formula is C41H58F3N5O6. The van der Waals surface area contributed by atoms with Gasteiger partial charge in [-0.3, -0.25) is 9.78 Å². The van der Waals surface area contributed by atoms with Gasteiger partial charge in [-0.1, -0.05) is 19.9 Å². The molecule has 7 rings (SSSR count). The molecule has 2 aromatic rings. The van der Waals surface area contributed by atoms with Crippen molar-refractivity contribution in [3.63, 3.8) is 0 Å². The van der Waals surface area contributed by atoms with Crippen molar-refractivity contribution in [3.8, 4) is 5.75 Å². The number of amides is 1. The van der Waals surface area contributed by atoms with Gasteiger partial charge in [-0.15, -0.1) is 0 Å². The molecule has 2 heterocycles. The lowest BCUT2D eigenvalue weighted by Gasteiger charge is -2.53. The molecule has 1 aliphatic heterocycles. The third-order valence-electron chi connectivity index (χ3n) is 14.2. The highest BCUT2D eigenvalue weighted by Gasteiger charge is 2.61. The second kappa shape index (κ2) is 15.4. The number of halogens is 3. The predicted molar refractivity (Wildman–Crippen MR) is 199 cm³/mol. The van der Waals surface area contributed by atoms with Crippen LogP contribution in [0.2, 0.25) is 0 Å². The number of alkyl halides is 3. The molecule has 55 heavy (non-hydrogen) atoms. The number of aryl methyl sites for hydroxylation is 1. The number of aromatic nitrogens is 2. The maximum absolute atomic E-state index is 13.0. The summed E-state index contributed by atoms with van der Waals surface area (Å²) in [5, 5.41) is 52.8. The zero-order valence-electron chi connectivity index (χ0n) is 32.1. The number of anilines is 1. The molecule has 0 spiro atoms. The van der Waals surface area contributed by atoms with Gasteiger partial charge >= 0.3 is 6.18 Å². The first-order chi connectivity index (χ1) is 26.0. The van der Waals surface area contributed by atoms with E-state index in [1.807, 2.05) is 12.1 Å². The van der Waals surface area contributed by atoms with Crippen molar-refractivity contribution in [3.05, 3.63) is 47.4 Å². The average Bonchev–Trinajstić information content (AvgIpc) is 3.38. The van der Waals surface area contributed by atoms with Crippen LogP contribution in [0.3, 0.4) is 0 Å². The number of carbonyl (C=O) groups excluding carboxylic acids is 1. The van der Waals surface area contributed by atoms with Gasteiger partial charge in [0.15, 0.2) is 5.69 Å². The van der Waals surface area contributed by atoms with Crippen LogP contribution in [-0.4, -0.2) is 91.5 Å². The van der Waals surface area contributed by atoms with Crippen molar-refractivity contribution in [2.45, 2.75) is 152 Å². The number of ether oxygens (including phenoxy) is 1. The molecule has 5 aliphatic rings. The number of aliphatic hydroxyl groups excluding tert-OH is 2. The van der Waals surface area contributed by atoms with Crippen molar-refractivity contribution in [1.82, 2.24) is 20.6 Å². The van der Waals surface area contributed by atoms with Gasteiger partial charge in [0, 0.05) is 12.1 Å². The summed E-state index contributed by atoms with van der Waals surface area (Å²) in [7, 11) is 0. The Labute approximate surface area is 321 Å². The van der Waals surface area contributed by atoms with Gasteiger partial charge in [0.05, 0.1) is 43.2 Å². The van der Waals surface area contributed by atoms with Crippen LogP contribution in [0.5, 0.6) is 5.75 Å². The number of aliphatic hydroxyl groups is 3. The number of phenols is 1. The van der Waals surface area contributed by atoms with Crippen molar-refractivity contribution >= 4 is 11.7 Å². The number of phenolic OH excluding ortho intramolecular Hbond substituents is 1. The Morgan fingerprint density at radius 3 is 2.64 bits per heavy atom. The van der Waals surface area contributed by atoms with Gasteiger partial charge in [-0.05, 0) is 136 Å². The van der Waals surface area contributed by atoms with E-state index in [4.69, 9.17) is 4.74 Å². The van der Waals surface area contributed by atoms with Crippen LogP contribution >= 0.6 is 0 Å². The van der Waals surface area contributed by atoms with Crippen LogP contribution in [0.25, 0.3) is 0 Å². The van der Waals surface area contributed by atoms with E-state index in [0.717, 1.165) is 83.4 Å². The Bertz CT molecular complexity index is 1690. The Morgan fingerprint density at radius 2 is 1.87 bits per heavy atom. The second-order valence-electron chi connectivity index (χ2n) is 18.1. The minimum Gasteiger partial charge on any atom is -0.508 e. The average molecular weight is 774 g/mol. The zero-order valence-corrected chi connectivity index (χ0v) is 32.1. The largest absolute Gasteiger partial charge is 0.508 e. The van der Waals surface area contributed by atoms with Crippen LogP contribution in [-0.2, 0) is 22.1 Å². The third kappa shape index (κ3) is 8.21. The molecule has 304 valence electrons. The molecule has 4 fully saturated rings. The van der Waals surface area contributed by atoms with Gasteiger partial charge in [0.2, 0.25) is 5.91 Å². The number of hydrogen-bond donors (Lipinski definition) is 7. The van der Waals surface area contributed by atoms with E-state index in [-0.39, 0.29) is 47.7 Å². The van der Waals surface area contributed by atoms with Gasteiger partial charge in [0.25, 0.3) is 0 Å². The van der Waals surface area contributed by atoms with Crippen LogP contribution in [0.4, 0.5) is 19.0 Å². The predicted octanol–water partition coefficient (Wildman–Crippen LogP) is 5.21. The maximum Gasteiger partial charge on any atom is 0.434 e. The highest BCUT2D eigenvalue weighted by Crippen LogP contribution is 2.65. The first kappa shape index (κ1) is 40.2. The molecule has 0 bridgehead atoms. The Kier molecular flexibility index (Phi) is 11.2. The summed E-state index contributed by atoms with van der Waals surface area (Å²) in [6.45, 7) is 7.45. The lowest BCUT2D eigenvalue weighted by atomic mass is 9.53. The zero-order chi connectivity index (χ0) is 39.3. The molecule has 4 aliphatic carbocycles. The summed E-state index contributed by atoms with van der Waals surface area (Å²) in [6.07, 6.45) is 3.54. The standard InChI is InChI=1S/C41H58F3N5O6/c1-23(46-14-4-11-40(54)13-10-30-29-7-5-24-15-26(50)6-8-27(24)28(29)9-12-39(30,40)3)17-38(2)18-25(19-38)47-35(51)16-32-37(53)36(52)31(22-55-32)48-34-21-45-20-33(49-34)41(42,43)44/h6,8,15,20-21,23,25,28-32,36-37,46,50,52-54H,4-5,7,9-14,16-19,22H2,1-3H3,(H,47,51)(H,48,49)/t23?,25?,28-,29-,30+,31+,32-,36-,37+,38?,39+,40+/m1/s1. The third-order valence-corrected chi connectivity index (χ3v) is 14.2. The normalized spacial score (nSPS) is 37.5. The van der Waals surface area contributed by atoms with E-state index in [0.29, 0.717) is 29.7 Å². The number of aromatic hydroxyl groups is 1. The molecule has 14 heteroatoms. The molecule has 1 aromatic heterocycles. The molecule has 1 saturated heterocycles. The van der Waals surface area contributed by atoms with E-state index in [1.165, 1.54) is 11.1 Å². The highest BCUT2D eigenvalue weighted by molar-refractivity contribution is 5.77. The number of fused-ring (bicyclic) bond motifs is 5. The number of benzene rings is 1. The van der Waals surface area contributed by atoms with Crippen LogP contribution in [0, 0.1) is 22.7 Å². The quantitative estimate of drug-likeness (QED) is 0.142. The Balaban J connectivity index is 0.802. The fourth-order valence-electron chi connectivity index (χ4n) is 11.4. The molecule has 3 saturated carbocycles. The summed E-state index contributed by atoms with van der Waals surface area (Å²) in [5.41, 5.74) is 0.867. The summed E-state index contributed by atoms with van der Waals surface area (Å²) >= 11 is 0. The molecule has 1 amide bonds. The Morgan fingerprint density at radius 1 is 1.09 bits per heavy atom. The lowest BCUT2D eigenvalue weighted by molar-refractivity contribution is -0.152. The van der Waals surface area contributed by atoms with Crippen molar-refractivity contribution < 1.29 is 43.1 Å². The summed E-state index contributed by atoms with van der Waals surface area (Å²) in [6, 6.07) is 5.23. The number of carbonyl (C=O) groups is 1. The monoisotopic (exact) mass is 773 g/mol. The van der Waals surface area contributed by atoms with Crippen LogP contribution in [0.1, 0.15) is 114 Å². The highest BCUT2D eigenvalue weighted by atomic mass is 19.4. The first-order valence-corrected chi connectivity index (χ1v) is 20.2. The summed E-state index contributed by atoms with van der Waals surface area (Å²) in [5.74, 6) is 1.48. The first-order valence-electron chi connectivity index (χ1n) is 20.2. The van der Waals surface area contributed by atoms with Gasteiger partial charge in [-0.2, -0.15) is 13.2 Å². The molecule has 11 nitrogen and oxygen atoms in total. The SMILES string of the molecule is CC(CC1(C)CC(NC(=O)C[C@H]2OC[C@H](Nc3cncc(C(F)(F)F)n3)[C@@H](O)[C@H]2O)C1)NCCC[C@]1(O)CC[C@H]2[C@@H]3CCc4cc(O)ccc4[C@H]3CC[C@@]21C. The van der Waals surface area contributed by atoms with E-state index in [2.05, 4.69) is 52.8 Å². The number of hydrogen-bond acceptors (Lipinski definition) is 10. The van der Waals surface area contributed by atoms with E-state index < -0.39 is 41.8 Å². The van der Waals surface area contributed by atoms with Gasteiger partial charge in [-0.25, -0.2) is 4.98 Å². The van der Waals surface area contributed by atoms with Crippen molar-refractivity contribution in [2.24, 2.45) is 22.7 Å². The van der Waals surface area contributed by atoms with Gasteiger partial charge < -0.3 is 41.1 Å². The number of nitrogens with zero attached hydrogens (tertiary/aromatic N) is 2. The van der Waals surface area contributed by atoms with E-state index >= 15 is 0 Å². The maximum atomic E-state index is 13.0. The smallest absolute Gasteiger partial charge is 0.434 e. The van der Waals surface area contributed by atoms with E-state index in [9.17, 15) is 38.4 Å². The van der Waals surface area contributed by atoms with Crippen molar-refractivity contribution in [1.29, 1.82) is 0 Å². The summed E-state index contributed by atoms with van der Waals surface area (Å²) < 4.78 is 44.7. The molecule has 0 radical (unpaired) electrons. The second-order valence-corrected chi connectivity index (χ2v) is 18.1. The number of nitrogens with one attached hydrogen (secondary N) is 3.